The Balaban J connectivity index is 1.87. The second kappa shape index (κ2) is 7.24. The predicted molar refractivity (Wildman–Crippen MR) is 96.0 cm³/mol. The molecule has 0 aliphatic heterocycles. The first-order valence-corrected chi connectivity index (χ1v) is 7.43. The molecule has 25 heavy (non-hydrogen) atoms. The zero-order chi connectivity index (χ0) is 17.6. The van der Waals surface area contributed by atoms with E-state index in [1.165, 1.54) is 11.0 Å². The third-order valence-corrected chi connectivity index (χ3v) is 3.36. The molecule has 0 spiro atoms. The number of azide groups is 1. The molecule has 0 saturated carbocycles. The third kappa shape index (κ3) is 3.80. The lowest BCUT2D eigenvalue weighted by Crippen LogP contribution is -2.07. The minimum atomic E-state index is 0.354. The topological polar surface area (TPSA) is 108 Å². The van der Waals surface area contributed by atoms with Crippen molar-refractivity contribution in [1.82, 2.24) is 20.2 Å². The fraction of sp³-hybridized carbons (Fsp3) is 0.125. The van der Waals surface area contributed by atoms with Crippen LogP contribution in [0, 0.1) is 0 Å². The number of para-hydroxylation sites is 1. The molecule has 0 N–H and O–H groups in total. The first-order chi connectivity index (χ1) is 12.2. The Labute approximate surface area is 143 Å². The van der Waals surface area contributed by atoms with Gasteiger partial charge in [0.15, 0.2) is 0 Å². The van der Waals surface area contributed by atoms with Crippen molar-refractivity contribution in [2.75, 3.05) is 19.0 Å². The number of hydrogen-bond acceptors (Lipinski definition) is 6. The standard InChI is InChI=1S/C16H15N9/c1-24(2)13-8-9-14(15(10-13)19-22-17)18-11-16-20-23-25(21-16)12-6-4-3-5-7-12/h3-11H,1-2H3. The molecule has 0 unspecified atom stereocenters. The minimum absolute atomic E-state index is 0.354. The lowest BCUT2D eigenvalue weighted by atomic mass is 10.2. The number of aromatic nitrogens is 4. The van der Waals surface area contributed by atoms with Crippen LogP contribution < -0.4 is 4.90 Å². The average molecular weight is 333 g/mol. The highest BCUT2D eigenvalue weighted by atomic mass is 15.6. The SMILES string of the molecule is CN(C)c1ccc(N=Cc2nnn(-c3ccccc3)n2)c(N=[N+]=[N-])c1. The summed E-state index contributed by atoms with van der Waals surface area (Å²) in [6.07, 6.45) is 1.48. The highest BCUT2D eigenvalue weighted by Gasteiger charge is 2.05. The summed E-state index contributed by atoms with van der Waals surface area (Å²) in [7, 11) is 3.81. The van der Waals surface area contributed by atoms with Gasteiger partial charge in [0.05, 0.1) is 23.3 Å². The maximum atomic E-state index is 8.74. The molecule has 3 aromatic rings. The van der Waals surface area contributed by atoms with Crippen molar-refractivity contribution in [1.29, 1.82) is 0 Å². The molecule has 0 fully saturated rings. The Hall–Kier alpha value is -3.71. The normalized spacial score (nSPS) is 10.6. The van der Waals surface area contributed by atoms with Crippen LogP contribution in [0.15, 0.2) is 58.6 Å². The maximum Gasteiger partial charge on any atom is 0.216 e. The fourth-order valence-electron chi connectivity index (χ4n) is 2.10. The first kappa shape index (κ1) is 16.2. The van der Waals surface area contributed by atoms with Gasteiger partial charge in [-0.05, 0) is 41.1 Å². The van der Waals surface area contributed by atoms with Crippen molar-refractivity contribution in [3.05, 3.63) is 64.8 Å². The van der Waals surface area contributed by atoms with E-state index in [0.717, 1.165) is 11.4 Å². The van der Waals surface area contributed by atoms with E-state index in [0.29, 0.717) is 17.2 Å². The summed E-state index contributed by atoms with van der Waals surface area (Å²) in [5.74, 6) is 0.354. The third-order valence-electron chi connectivity index (χ3n) is 3.36. The van der Waals surface area contributed by atoms with Gasteiger partial charge in [-0.2, -0.15) is 0 Å². The number of tetrazole rings is 1. The van der Waals surface area contributed by atoms with Crippen LogP contribution >= 0.6 is 0 Å². The van der Waals surface area contributed by atoms with Crippen molar-refractivity contribution in [2.45, 2.75) is 0 Å². The molecule has 0 aliphatic rings. The molecular weight excluding hydrogens is 318 g/mol. The van der Waals surface area contributed by atoms with Crippen molar-refractivity contribution < 1.29 is 0 Å². The van der Waals surface area contributed by atoms with Crippen molar-refractivity contribution in [2.24, 2.45) is 10.1 Å². The van der Waals surface area contributed by atoms with Crippen LogP contribution in [0.2, 0.25) is 0 Å². The lowest BCUT2D eigenvalue weighted by Gasteiger charge is -2.13. The summed E-state index contributed by atoms with van der Waals surface area (Å²) in [4.78, 5) is 10.5. The van der Waals surface area contributed by atoms with E-state index < -0.39 is 0 Å². The number of aliphatic imine (C=N–C) groups is 1. The molecule has 3 rings (SSSR count). The van der Waals surface area contributed by atoms with E-state index in [4.69, 9.17) is 5.53 Å². The van der Waals surface area contributed by atoms with Gasteiger partial charge in [0.2, 0.25) is 5.82 Å². The number of rotatable bonds is 5. The molecular formula is C16H15N9. The van der Waals surface area contributed by atoms with Gasteiger partial charge in [0, 0.05) is 24.7 Å². The predicted octanol–water partition coefficient (Wildman–Crippen LogP) is 3.42. The molecule has 1 heterocycles. The number of anilines is 1. The largest absolute Gasteiger partial charge is 0.378 e. The van der Waals surface area contributed by atoms with Crippen LogP contribution in [0.1, 0.15) is 5.82 Å². The van der Waals surface area contributed by atoms with Crippen LogP contribution in [-0.2, 0) is 0 Å². The summed E-state index contributed by atoms with van der Waals surface area (Å²) in [5.41, 5.74) is 11.4. The molecule has 0 amide bonds. The summed E-state index contributed by atoms with van der Waals surface area (Å²) in [5, 5.41) is 15.9. The lowest BCUT2D eigenvalue weighted by molar-refractivity contribution is 0.719. The molecule has 0 atom stereocenters. The number of benzene rings is 2. The molecule has 9 nitrogen and oxygen atoms in total. The second-order valence-corrected chi connectivity index (χ2v) is 5.29. The van der Waals surface area contributed by atoms with E-state index in [1.54, 1.807) is 12.1 Å². The zero-order valence-corrected chi connectivity index (χ0v) is 13.7. The second-order valence-electron chi connectivity index (χ2n) is 5.29. The molecule has 2 aromatic carbocycles. The quantitative estimate of drug-likeness (QED) is 0.308. The van der Waals surface area contributed by atoms with Crippen LogP contribution in [0.3, 0.4) is 0 Å². The van der Waals surface area contributed by atoms with E-state index in [2.05, 4.69) is 30.4 Å². The summed E-state index contributed by atoms with van der Waals surface area (Å²) < 4.78 is 0. The monoisotopic (exact) mass is 333 g/mol. The van der Waals surface area contributed by atoms with Crippen LogP contribution in [-0.4, -0.2) is 40.5 Å². The van der Waals surface area contributed by atoms with Crippen molar-refractivity contribution in [3.63, 3.8) is 0 Å². The van der Waals surface area contributed by atoms with Gasteiger partial charge in [-0.3, -0.25) is 4.99 Å². The fourth-order valence-corrected chi connectivity index (χ4v) is 2.10. The molecule has 1 aromatic heterocycles. The molecule has 0 saturated heterocycles. The Morgan fingerprint density at radius 1 is 1.12 bits per heavy atom. The summed E-state index contributed by atoms with van der Waals surface area (Å²) >= 11 is 0. The molecule has 124 valence electrons. The van der Waals surface area contributed by atoms with Crippen molar-refractivity contribution in [3.8, 4) is 5.69 Å². The highest BCUT2D eigenvalue weighted by Crippen LogP contribution is 2.32. The van der Waals surface area contributed by atoms with Gasteiger partial charge < -0.3 is 4.90 Å². The average Bonchev–Trinajstić information content (AvgIpc) is 3.10. The van der Waals surface area contributed by atoms with Gasteiger partial charge in [0.1, 0.15) is 0 Å². The van der Waals surface area contributed by atoms with E-state index in [-0.39, 0.29) is 0 Å². The maximum absolute atomic E-state index is 8.74. The molecule has 0 aliphatic carbocycles. The van der Waals surface area contributed by atoms with Gasteiger partial charge in [-0.1, -0.05) is 23.3 Å². The van der Waals surface area contributed by atoms with E-state index >= 15 is 0 Å². The Bertz CT molecular complexity index is 937. The van der Waals surface area contributed by atoms with Gasteiger partial charge in [-0.15, -0.1) is 15.0 Å². The Morgan fingerprint density at radius 3 is 2.64 bits per heavy atom. The van der Waals surface area contributed by atoms with Crippen molar-refractivity contribution >= 4 is 23.3 Å². The first-order valence-electron chi connectivity index (χ1n) is 7.43. The number of hydrogen-bond donors (Lipinski definition) is 0. The minimum Gasteiger partial charge on any atom is -0.378 e. The van der Waals surface area contributed by atoms with Crippen LogP contribution in [0.5, 0.6) is 0 Å². The van der Waals surface area contributed by atoms with Gasteiger partial charge in [-0.25, -0.2) is 0 Å². The Morgan fingerprint density at radius 2 is 1.92 bits per heavy atom. The van der Waals surface area contributed by atoms with Gasteiger partial charge in [0.25, 0.3) is 0 Å². The summed E-state index contributed by atoms with van der Waals surface area (Å²) in [6.45, 7) is 0. The Kier molecular flexibility index (Phi) is 4.68. The van der Waals surface area contributed by atoms with Crippen LogP contribution in [0.4, 0.5) is 17.1 Å². The van der Waals surface area contributed by atoms with Crippen LogP contribution in [0.25, 0.3) is 16.1 Å². The smallest absolute Gasteiger partial charge is 0.216 e. The zero-order valence-electron chi connectivity index (χ0n) is 13.7. The molecule has 0 bridgehead atoms. The highest BCUT2D eigenvalue weighted by molar-refractivity contribution is 5.80. The van der Waals surface area contributed by atoms with Gasteiger partial charge >= 0.3 is 0 Å². The summed E-state index contributed by atoms with van der Waals surface area (Å²) in [6, 6.07) is 14.9. The van der Waals surface area contributed by atoms with E-state index in [9.17, 15) is 0 Å². The number of nitrogens with zero attached hydrogens (tertiary/aromatic N) is 9. The van der Waals surface area contributed by atoms with E-state index in [1.807, 2.05) is 55.4 Å². The molecule has 9 heteroatoms. The molecule has 0 radical (unpaired) electrons.